The van der Waals surface area contributed by atoms with Crippen molar-refractivity contribution in [2.24, 2.45) is 0 Å². The van der Waals surface area contributed by atoms with Gasteiger partial charge in [0.1, 0.15) is 0 Å². The fraction of sp³-hybridized carbons (Fsp3) is 0.692. The second-order valence-corrected chi connectivity index (χ2v) is 8.48. The fourth-order valence-corrected chi connectivity index (χ4v) is 2.98. The quantitative estimate of drug-likeness (QED) is 0.835. The van der Waals surface area contributed by atoms with Crippen LogP contribution in [0.25, 0.3) is 0 Å². The average Bonchev–Trinajstić information content (AvgIpc) is 2.22. The van der Waals surface area contributed by atoms with Crippen LogP contribution in [-0.2, 0) is 15.6 Å². The minimum Gasteiger partial charge on any atom is -0.364 e. The topological polar surface area (TPSA) is 93.1 Å². The zero-order chi connectivity index (χ0) is 16.5. The second-order valence-electron chi connectivity index (χ2n) is 6.73. The predicted octanol–water partition coefficient (Wildman–Crippen LogP) is 0.738. The lowest BCUT2D eigenvalue weighted by atomic mass is 10.1. The Morgan fingerprint density at radius 2 is 1.81 bits per heavy atom. The molecule has 0 fully saturated rings. The van der Waals surface area contributed by atoms with E-state index in [0.29, 0.717) is 0 Å². The fourth-order valence-electron chi connectivity index (χ4n) is 1.90. The van der Waals surface area contributed by atoms with Crippen molar-refractivity contribution in [2.75, 3.05) is 18.1 Å². The van der Waals surface area contributed by atoms with Crippen LogP contribution in [0.3, 0.4) is 0 Å². The minimum absolute atomic E-state index is 0.204. The molecule has 0 saturated heterocycles. The first-order valence-corrected chi connectivity index (χ1v) is 8.52. The molecule has 0 aromatic carbocycles. The first-order valence-electron chi connectivity index (χ1n) is 6.63. The van der Waals surface area contributed by atoms with Crippen LogP contribution >= 0.6 is 0 Å². The first-order chi connectivity index (χ1) is 9.32. The van der Waals surface area contributed by atoms with E-state index in [4.69, 9.17) is 0 Å². The smallest absolute Gasteiger partial charge is 0.293 e. The number of nitrogens with one attached hydrogen (secondary N) is 2. The molecule has 1 heterocycles. The summed E-state index contributed by atoms with van der Waals surface area (Å²) in [6.45, 7) is 9.48. The number of sulfonamides is 1. The van der Waals surface area contributed by atoms with Gasteiger partial charge in [0.15, 0.2) is 5.82 Å². The first kappa shape index (κ1) is 17.6. The zero-order valence-corrected chi connectivity index (χ0v) is 14.2. The Bertz CT molecular complexity index is 657. The molecule has 7 nitrogen and oxygen atoms in total. The lowest BCUT2D eigenvalue weighted by molar-refractivity contribution is 0.383. The van der Waals surface area contributed by atoms with Gasteiger partial charge < -0.3 is 9.88 Å². The molecule has 1 rings (SSSR count). The maximum absolute atomic E-state index is 12.3. The van der Waals surface area contributed by atoms with Crippen molar-refractivity contribution in [2.45, 2.75) is 45.7 Å². The maximum atomic E-state index is 12.3. The second kappa shape index (κ2) is 5.76. The van der Waals surface area contributed by atoms with E-state index in [2.05, 4.69) is 15.0 Å². The highest BCUT2D eigenvalue weighted by Crippen LogP contribution is 2.11. The standard InChI is InChI=1S/C13H24N4O3S/c1-12(2,3)17-8-7-14-10(11(17)18)15-9-13(4,5)16-21(6,19)20/h7-8,16H,9H2,1-6H3,(H,14,15). The normalized spacial score (nSPS) is 13.2. The molecule has 0 aliphatic rings. The molecule has 0 spiro atoms. The van der Waals surface area contributed by atoms with E-state index in [1.165, 1.54) is 0 Å². The van der Waals surface area contributed by atoms with Gasteiger partial charge in [-0.15, -0.1) is 0 Å². The average molecular weight is 316 g/mol. The molecule has 0 aliphatic heterocycles. The van der Waals surface area contributed by atoms with Crippen LogP contribution in [-0.4, -0.2) is 36.3 Å². The number of aromatic nitrogens is 2. The molecule has 0 atom stereocenters. The van der Waals surface area contributed by atoms with Crippen molar-refractivity contribution in [3.8, 4) is 0 Å². The highest BCUT2D eigenvalue weighted by molar-refractivity contribution is 7.88. The van der Waals surface area contributed by atoms with Crippen molar-refractivity contribution < 1.29 is 8.42 Å². The van der Waals surface area contributed by atoms with Gasteiger partial charge in [0.05, 0.1) is 6.26 Å². The summed E-state index contributed by atoms with van der Waals surface area (Å²) in [5, 5.41) is 2.92. The third kappa shape index (κ3) is 5.47. The Morgan fingerprint density at radius 1 is 1.24 bits per heavy atom. The molecule has 8 heteroatoms. The van der Waals surface area contributed by atoms with Gasteiger partial charge in [0.2, 0.25) is 10.0 Å². The molecule has 2 N–H and O–H groups in total. The van der Waals surface area contributed by atoms with Gasteiger partial charge in [0.25, 0.3) is 5.56 Å². The molecule has 21 heavy (non-hydrogen) atoms. The van der Waals surface area contributed by atoms with E-state index >= 15 is 0 Å². The number of nitrogens with zero attached hydrogens (tertiary/aromatic N) is 2. The molecule has 0 unspecified atom stereocenters. The summed E-state index contributed by atoms with van der Waals surface area (Å²) in [6.07, 6.45) is 4.28. The summed E-state index contributed by atoms with van der Waals surface area (Å²) in [5.41, 5.74) is -1.32. The zero-order valence-electron chi connectivity index (χ0n) is 13.4. The third-order valence-electron chi connectivity index (χ3n) is 2.72. The molecule has 1 aromatic rings. The van der Waals surface area contributed by atoms with Crippen LogP contribution in [0.5, 0.6) is 0 Å². The van der Waals surface area contributed by atoms with E-state index in [-0.39, 0.29) is 23.5 Å². The number of anilines is 1. The van der Waals surface area contributed by atoms with E-state index in [0.717, 1.165) is 6.26 Å². The summed E-state index contributed by atoms with van der Waals surface area (Å²) in [7, 11) is -3.32. The van der Waals surface area contributed by atoms with Crippen LogP contribution in [0, 0.1) is 0 Å². The lowest BCUT2D eigenvalue weighted by Crippen LogP contribution is -2.48. The van der Waals surface area contributed by atoms with E-state index in [1.54, 1.807) is 30.8 Å². The Morgan fingerprint density at radius 3 is 2.29 bits per heavy atom. The van der Waals surface area contributed by atoms with E-state index in [1.807, 2.05) is 20.8 Å². The van der Waals surface area contributed by atoms with Gasteiger partial charge in [-0.25, -0.2) is 18.1 Å². The molecular formula is C13H24N4O3S. The lowest BCUT2D eigenvalue weighted by Gasteiger charge is -2.26. The van der Waals surface area contributed by atoms with Gasteiger partial charge in [0, 0.05) is 30.0 Å². The Kier molecular flexibility index (Phi) is 4.84. The number of hydrogen-bond acceptors (Lipinski definition) is 5. The summed E-state index contributed by atoms with van der Waals surface area (Å²) in [6, 6.07) is 0. The molecular weight excluding hydrogens is 292 g/mol. The number of rotatable bonds is 5. The highest BCUT2D eigenvalue weighted by Gasteiger charge is 2.23. The summed E-state index contributed by atoms with van der Waals surface area (Å²) >= 11 is 0. The van der Waals surface area contributed by atoms with Gasteiger partial charge in [-0.1, -0.05) is 0 Å². The predicted molar refractivity (Wildman–Crippen MR) is 84.0 cm³/mol. The van der Waals surface area contributed by atoms with Crippen molar-refractivity contribution >= 4 is 15.8 Å². The highest BCUT2D eigenvalue weighted by atomic mass is 32.2. The molecule has 0 saturated carbocycles. The van der Waals surface area contributed by atoms with Gasteiger partial charge >= 0.3 is 0 Å². The summed E-state index contributed by atoms with van der Waals surface area (Å²) < 4.78 is 26.7. The van der Waals surface area contributed by atoms with Gasteiger partial charge in [-0.3, -0.25) is 4.79 Å². The largest absolute Gasteiger partial charge is 0.364 e. The SMILES string of the molecule is CC(C)(CNc1nccn(C(C)(C)C)c1=O)NS(C)(=O)=O. The molecule has 120 valence electrons. The molecule has 0 radical (unpaired) electrons. The number of hydrogen-bond donors (Lipinski definition) is 2. The molecule has 0 bridgehead atoms. The van der Waals surface area contributed by atoms with Crippen LogP contribution < -0.4 is 15.6 Å². The Balaban J connectivity index is 2.94. The van der Waals surface area contributed by atoms with Crippen molar-refractivity contribution in [3.63, 3.8) is 0 Å². The monoisotopic (exact) mass is 316 g/mol. The van der Waals surface area contributed by atoms with Crippen LogP contribution in [0.2, 0.25) is 0 Å². The van der Waals surface area contributed by atoms with Crippen LogP contribution in [0.15, 0.2) is 17.2 Å². The molecule has 0 amide bonds. The molecule has 1 aromatic heterocycles. The summed E-state index contributed by atoms with van der Waals surface area (Å²) in [4.78, 5) is 16.3. The van der Waals surface area contributed by atoms with Crippen LogP contribution in [0.4, 0.5) is 5.82 Å². The van der Waals surface area contributed by atoms with Gasteiger partial charge in [-0.05, 0) is 34.6 Å². The third-order valence-corrected chi connectivity index (χ3v) is 3.65. The molecule has 0 aliphatic carbocycles. The van der Waals surface area contributed by atoms with Gasteiger partial charge in [-0.2, -0.15) is 0 Å². The minimum atomic E-state index is -3.32. The van der Waals surface area contributed by atoms with E-state index < -0.39 is 15.6 Å². The van der Waals surface area contributed by atoms with Crippen molar-refractivity contribution in [1.82, 2.24) is 14.3 Å². The Hall–Kier alpha value is -1.41. The summed E-state index contributed by atoms with van der Waals surface area (Å²) in [5.74, 6) is 0.204. The van der Waals surface area contributed by atoms with Crippen molar-refractivity contribution in [1.29, 1.82) is 0 Å². The van der Waals surface area contributed by atoms with Crippen molar-refractivity contribution in [3.05, 3.63) is 22.7 Å². The van der Waals surface area contributed by atoms with Crippen LogP contribution in [0.1, 0.15) is 34.6 Å². The van der Waals surface area contributed by atoms with E-state index in [9.17, 15) is 13.2 Å². The maximum Gasteiger partial charge on any atom is 0.293 e. The Labute approximate surface area is 125 Å².